The van der Waals surface area contributed by atoms with Gasteiger partial charge in [-0.25, -0.2) is 13.6 Å². The van der Waals surface area contributed by atoms with Crippen molar-refractivity contribution in [2.75, 3.05) is 18.5 Å². The highest BCUT2D eigenvalue weighted by molar-refractivity contribution is 7.89. The van der Waals surface area contributed by atoms with Gasteiger partial charge in [-0.05, 0) is 61.7 Å². The number of rotatable bonds is 5. The number of hydrogen-bond donors (Lipinski definition) is 1. The van der Waals surface area contributed by atoms with Crippen molar-refractivity contribution in [2.45, 2.75) is 37.1 Å². The number of nitrogens with two attached hydrogens (primary N) is 1. The lowest BCUT2D eigenvalue weighted by molar-refractivity contribution is -0.119. The molecule has 1 aliphatic heterocycles. The molecule has 8 heteroatoms. The van der Waals surface area contributed by atoms with Gasteiger partial charge in [0.05, 0.1) is 10.9 Å². The first-order valence-corrected chi connectivity index (χ1v) is 11.0. The van der Waals surface area contributed by atoms with Gasteiger partial charge in [0.1, 0.15) is 0 Å². The Morgan fingerprint density at radius 1 is 1.14 bits per heavy atom. The van der Waals surface area contributed by atoms with Gasteiger partial charge in [-0.3, -0.25) is 9.59 Å². The Kier molecular flexibility index (Phi) is 6.04. The first-order valence-electron chi connectivity index (χ1n) is 9.49. The smallest absolute Gasteiger partial charge is 0.254 e. The Bertz CT molecular complexity index is 1020. The molecule has 1 unspecified atom stereocenters. The van der Waals surface area contributed by atoms with Crippen molar-refractivity contribution in [3.8, 4) is 0 Å². The average Bonchev–Trinajstić information content (AvgIpc) is 2.72. The van der Waals surface area contributed by atoms with Crippen molar-refractivity contribution in [1.82, 2.24) is 4.90 Å². The van der Waals surface area contributed by atoms with Crippen LogP contribution in [-0.4, -0.2) is 38.7 Å². The molecule has 1 aliphatic rings. The van der Waals surface area contributed by atoms with E-state index in [2.05, 4.69) is 0 Å². The summed E-state index contributed by atoms with van der Waals surface area (Å²) < 4.78 is 23.2. The van der Waals surface area contributed by atoms with Crippen molar-refractivity contribution in [3.05, 3.63) is 59.7 Å². The molecule has 0 spiro atoms. The summed E-state index contributed by atoms with van der Waals surface area (Å²) in [5, 5.41) is 5.20. The summed E-state index contributed by atoms with van der Waals surface area (Å²) in [6.07, 6.45) is 2.45. The average molecular weight is 416 g/mol. The van der Waals surface area contributed by atoms with E-state index in [0.29, 0.717) is 24.1 Å². The van der Waals surface area contributed by atoms with E-state index in [4.69, 9.17) is 5.14 Å². The van der Waals surface area contributed by atoms with Crippen LogP contribution in [0.3, 0.4) is 0 Å². The standard InChI is InChI=1S/C21H25N3O4S/c1-15(17-6-5-7-19(14-17)29(22,27)28)23(2)21(26)16-9-11-18(12-10-16)24-13-4-3-8-20(24)25/h5-7,9-12,14-15H,3-4,8,13H2,1-2H3,(H2,22,27,28). The number of primary sulfonamides is 1. The first kappa shape index (κ1) is 21.0. The molecule has 2 aromatic carbocycles. The van der Waals surface area contributed by atoms with Crippen LogP contribution < -0.4 is 10.0 Å². The maximum Gasteiger partial charge on any atom is 0.254 e. The summed E-state index contributed by atoms with van der Waals surface area (Å²) in [5.74, 6) is -0.0918. The van der Waals surface area contributed by atoms with Crippen LogP contribution in [0.25, 0.3) is 0 Å². The molecule has 1 heterocycles. The fourth-order valence-electron chi connectivity index (χ4n) is 3.42. The molecule has 1 fully saturated rings. The first-order chi connectivity index (χ1) is 13.7. The topological polar surface area (TPSA) is 101 Å². The van der Waals surface area contributed by atoms with Crippen LogP contribution in [0.2, 0.25) is 0 Å². The Morgan fingerprint density at radius 3 is 2.45 bits per heavy atom. The molecule has 2 amide bonds. The van der Waals surface area contributed by atoms with E-state index in [1.807, 2.05) is 6.92 Å². The lowest BCUT2D eigenvalue weighted by atomic mass is 10.1. The van der Waals surface area contributed by atoms with Gasteiger partial charge < -0.3 is 9.80 Å². The summed E-state index contributed by atoms with van der Waals surface area (Å²) in [6, 6.07) is 12.9. The molecule has 1 saturated heterocycles. The van der Waals surface area contributed by atoms with Crippen molar-refractivity contribution in [1.29, 1.82) is 0 Å². The van der Waals surface area contributed by atoms with Crippen LogP contribution in [0.4, 0.5) is 5.69 Å². The zero-order chi connectivity index (χ0) is 21.2. The number of piperidine rings is 1. The Morgan fingerprint density at radius 2 is 1.83 bits per heavy atom. The van der Waals surface area contributed by atoms with Gasteiger partial charge in [-0.15, -0.1) is 0 Å². The summed E-state index contributed by atoms with van der Waals surface area (Å²) in [4.78, 5) is 28.3. The van der Waals surface area contributed by atoms with Crippen LogP contribution in [0.15, 0.2) is 53.4 Å². The van der Waals surface area contributed by atoms with E-state index in [0.717, 1.165) is 18.5 Å². The second-order valence-electron chi connectivity index (χ2n) is 7.26. The minimum atomic E-state index is -3.81. The van der Waals surface area contributed by atoms with Gasteiger partial charge in [0.2, 0.25) is 15.9 Å². The molecule has 154 valence electrons. The lowest BCUT2D eigenvalue weighted by Gasteiger charge is -2.28. The highest BCUT2D eigenvalue weighted by atomic mass is 32.2. The summed E-state index contributed by atoms with van der Waals surface area (Å²) >= 11 is 0. The zero-order valence-corrected chi connectivity index (χ0v) is 17.4. The third-order valence-corrected chi connectivity index (χ3v) is 6.23. The van der Waals surface area contributed by atoms with Gasteiger partial charge >= 0.3 is 0 Å². The zero-order valence-electron chi connectivity index (χ0n) is 16.5. The van der Waals surface area contributed by atoms with Crippen LogP contribution in [0.1, 0.15) is 48.1 Å². The van der Waals surface area contributed by atoms with E-state index in [-0.39, 0.29) is 22.8 Å². The van der Waals surface area contributed by atoms with E-state index in [9.17, 15) is 18.0 Å². The molecular weight excluding hydrogens is 390 g/mol. The van der Waals surface area contributed by atoms with E-state index in [1.165, 1.54) is 12.1 Å². The van der Waals surface area contributed by atoms with Gasteiger partial charge in [0.15, 0.2) is 0 Å². The molecule has 0 saturated carbocycles. The molecule has 0 aromatic heterocycles. The van der Waals surface area contributed by atoms with Crippen LogP contribution in [0, 0.1) is 0 Å². The van der Waals surface area contributed by atoms with Crippen molar-refractivity contribution in [3.63, 3.8) is 0 Å². The second-order valence-corrected chi connectivity index (χ2v) is 8.82. The number of hydrogen-bond acceptors (Lipinski definition) is 4. The fourth-order valence-corrected chi connectivity index (χ4v) is 3.99. The highest BCUT2D eigenvalue weighted by Crippen LogP contribution is 2.25. The van der Waals surface area contributed by atoms with Gasteiger partial charge in [-0.1, -0.05) is 12.1 Å². The van der Waals surface area contributed by atoms with Crippen LogP contribution in [-0.2, 0) is 14.8 Å². The third kappa shape index (κ3) is 4.65. The second kappa shape index (κ2) is 8.34. The van der Waals surface area contributed by atoms with E-state index >= 15 is 0 Å². The lowest BCUT2D eigenvalue weighted by Crippen LogP contribution is -2.35. The van der Waals surface area contributed by atoms with Gasteiger partial charge in [-0.2, -0.15) is 0 Å². The molecule has 2 N–H and O–H groups in total. The van der Waals surface area contributed by atoms with E-state index < -0.39 is 10.0 Å². The van der Waals surface area contributed by atoms with Crippen molar-refractivity contribution in [2.24, 2.45) is 5.14 Å². The van der Waals surface area contributed by atoms with Gasteiger partial charge in [0, 0.05) is 31.3 Å². The van der Waals surface area contributed by atoms with E-state index in [1.54, 1.807) is 53.2 Å². The normalized spacial score (nSPS) is 15.8. The number of sulfonamides is 1. The molecule has 0 aliphatic carbocycles. The van der Waals surface area contributed by atoms with Crippen molar-refractivity contribution < 1.29 is 18.0 Å². The molecule has 3 rings (SSSR count). The van der Waals surface area contributed by atoms with Crippen LogP contribution >= 0.6 is 0 Å². The maximum absolute atomic E-state index is 12.9. The minimum absolute atomic E-state index is 0.0123. The Labute approximate surface area is 171 Å². The fraction of sp³-hybridized carbons (Fsp3) is 0.333. The Balaban J connectivity index is 1.76. The third-order valence-electron chi connectivity index (χ3n) is 5.32. The molecular formula is C21H25N3O4S. The molecule has 29 heavy (non-hydrogen) atoms. The molecule has 0 bridgehead atoms. The summed E-state index contributed by atoms with van der Waals surface area (Å²) in [6.45, 7) is 2.52. The SMILES string of the molecule is CC(c1cccc(S(N)(=O)=O)c1)N(C)C(=O)c1ccc(N2CCCCC2=O)cc1. The number of carbonyl (C=O) groups is 2. The molecule has 2 aromatic rings. The molecule has 7 nitrogen and oxygen atoms in total. The van der Waals surface area contributed by atoms with Gasteiger partial charge in [0.25, 0.3) is 5.91 Å². The minimum Gasteiger partial charge on any atom is -0.335 e. The number of amides is 2. The molecule has 1 atom stereocenters. The summed E-state index contributed by atoms with van der Waals surface area (Å²) in [5.41, 5.74) is 1.96. The maximum atomic E-state index is 12.9. The largest absolute Gasteiger partial charge is 0.335 e. The Hall–Kier alpha value is -2.71. The number of carbonyl (C=O) groups excluding carboxylic acids is 2. The monoisotopic (exact) mass is 415 g/mol. The highest BCUT2D eigenvalue weighted by Gasteiger charge is 2.22. The predicted molar refractivity (Wildman–Crippen MR) is 111 cm³/mol. The number of anilines is 1. The predicted octanol–water partition coefficient (Wildman–Crippen LogP) is 2.68. The van der Waals surface area contributed by atoms with Crippen LogP contribution in [0.5, 0.6) is 0 Å². The quantitative estimate of drug-likeness (QED) is 0.811. The van der Waals surface area contributed by atoms with Crippen molar-refractivity contribution >= 4 is 27.5 Å². The summed E-state index contributed by atoms with van der Waals surface area (Å²) in [7, 11) is -2.15. The number of benzene rings is 2. The molecule has 0 radical (unpaired) electrons. The number of nitrogens with zero attached hydrogens (tertiary/aromatic N) is 2.